The molecular weight excluding hydrogens is 519 g/mol. The van der Waals surface area contributed by atoms with E-state index in [4.69, 9.17) is 22.3 Å². The monoisotopic (exact) mass is 588 g/mol. The molecule has 7 heteroatoms. The molecule has 0 aromatic heterocycles. The standard InChI is InChI=1S/C32H66O.Na.H2O4S.H/c1-3-5-7-9-11-13-15-17-19-21-23-25-27-29-31-33-32-30-28-26-24-22-20-18-16-14-12-10-8-6-4-2;;1-5(2,3)4;/h3-32H2,1-2H3;;(H2,1,2,3,4);/q;+1;;-1. The molecule has 0 saturated carbocycles. The maximum absolute atomic E-state index is 8.74. The van der Waals surface area contributed by atoms with Crippen molar-refractivity contribution in [2.75, 3.05) is 13.2 Å². The molecule has 0 aliphatic heterocycles. The van der Waals surface area contributed by atoms with Crippen LogP contribution in [0.25, 0.3) is 0 Å². The van der Waals surface area contributed by atoms with Gasteiger partial charge in [-0.15, -0.1) is 0 Å². The number of ether oxygens (including phenoxy) is 1. The summed E-state index contributed by atoms with van der Waals surface area (Å²) in [5, 5.41) is 0. The van der Waals surface area contributed by atoms with Gasteiger partial charge in [0, 0.05) is 13.2 Å². The second-order valence-electron chi connectivity index (χ2n) is 11.3. The molecular formula is C32H69NaO5S. The number of unbranched alkanes of at least 4 members (excludes halogenated alkanes) is 26. The van der Waals surface area contributed by atoms with Crippen LogP contribution in [-0.2, 0) is 15.1 Å². The molecule has 0 rings (SSSR count). The van der Waals surface area contributed by atoms with E-state index in [1.165, 1.54) is 180 Å². The van der Waals surface area contributed by atoms with Gasteiger partial charge in [-0.3, -0.25) is 9.11 Å². The van der Waals surface area contributed by atoms with E-state index in [0.29, 0.717) is 0 Å². The Morgan fingerprint density at radius 1 is 0.410 bits per heavy atom. The largest absolute Gasteiger partial charge is 1.00 e. The van der Waals surface area contributed by atoms with Crippen LogP contribution in [0.15, 0.2) is 0 Å². The van der Waals surface area contributed by atoms with Gasteiger partial charge in [0.1, 0.15) is 0 Å². The maximum atomic E-state index is 8.74. The summed E-state index contributed by atoms with van der Waals surface area (Å²) in [6, 6.07) is 0. The molecule has 0 aliphatic carbocycles. The van der Waals surface area contributed by atoms with Crippen LogP contribution >= 0.6 is 0 Å². The van der Waals surface area contributed by atoms with Crippen molar-refractivity contribution in [2.45, 2.75) is 194 Å². The Morgan fingerprint density at radius 2 is 0.564 bits per heavy atom. The van der Waals surface area contributed by atoms with Crippen LogP contribution in [0.5, 0.6) is 0 Å². The van der Waals surface area contributed by atoms with Gasteiger partial charge in [-0.05, 0) is 12.8 Å². The fourth-order valence-corrected chi connectivity index (χ4v) is 4.90. The van der Waals surface area contributed by atoms with E-state index in [0.717, 1.165) is 13.2 Å². The molecule has 0 unspecified atom stereocenters. The first-order chi connectivity index (χ1) is 18.4. The summed E-state index contributed by atoms with van der Waals surface area (Å²) < 4.78 is 37.4. The fraction of sp³-hybridized carbons (Fsp3) is 1.00. The molecule has 0 atom stereocenters. The summed E-state index contributed by atoms with van der Waals surface area (Å²) in [4.78, 5) is 0. The third kappa shape index (κ3) is 55.4. The van der Waals surface area contributed by atoms with Crippen LogP contribution in [0.4, 0.5) is 0 Å². The molecule has 0 spiro atoms. The van der Waals surface area contributed by atoms with Crippen molar-refractivity contribution in [1.82, 2.24) is 0 Å². The zero-order chi connectivity index (χ0) is 28.4. The van der Waals surface area contributed by atoms with Gasteiger partial charge in [0.15, 0.2) is 0 Å². The second-order valence-corrected chi connectivity index (χ2v) is 12.1. The van der Waals surface area contributed by atoms with E-state index in [1.807, 2.05) is 0 Å². The van der Waals surface area contributed by atoms with Gasteiger partial charge in [-0.1, -0.05) is 181 Å². The first kappa shape index (κ1) is 44.3. The Hall–Kier alpha value is 0.830. The molecule has 2 N–H and O–H groups in total. The first-order valence-electron chi connectivity index (χ1n) is 16.7. The summed E-state index contributed by atoms with van der Waals surface area (Å²) in [5.74, 6) is 0. The minimum atomic E-state index is -4.67. The van der Waals surface area contributed by atoms with Crippen molar-refractivity contribution < 1.29 is 53.2 Å². The van der Waals surface area contributed by atoms with E-state index in [-0.39, 0.29) is 31.0 Å². The zero-order valence-electron chi connectivity index (χ0n) is 27.7. The minimum Gasteiger partial charge on any atom is -1.00 e. The van der Waals surface area contributed by atoms with Crippen molar-refractivity contribution in [2.24, 2.45) is 0 Å². The van der Waals surface area contributed by atoms with Crippen LogP contribution in [-0.4, -0.2) is 30.7 Å². The van der Waals surface area contributed by atoms with Gasteiger partial charge >= 0.3 is 40.0 Å². The van der Waals surface area contributed by atoms with E-state index in [2.05, 4.69) is 13.8 Å². The molecule has 5 nitrogen and oxygen atoms in total. The van der Waals surface area contributed by atoms with E-state index < -0.39 is 10.4 Å². The normalized spacial score (nSPS) is 11.2. The predicted molar refractivity (Wildman–Crippen MR) is 167 cm³/mol. The first-order valence-corrected chi connectivity index (χ1v) is 18.1. The molecule has 0 heterocycles. The summed E-state index contributed by atoms with van der Waals surface area (Å²) in [6.45, 7) is 6.59. The minimum absolute atomic E-state index is 0. The van der Waals surface area contributed by atoms with Crippen molar-refractivity contribution in [1.29, 1.82) is 0 Å². The van der Waals surface area contributed by atoms with E-state index in [1.54, 1.807) is 0 Å². The molecule has 0 aromatic carbocycles. The topological polar surface area (TPSA) is 83.8 Å². The number of hydrogen-bond acceptors (Lipinski definition) is 3. The van der Waals surface area contributed by atoms with E-state index >= 15 is 0 Å². The molecule has 0 saturated heterocycles. The van der Waals surface area contributed by atoms with Crippen molar-refractivity contribution in [3.05, 3.63) is 0 Å². The van der Waals surface area contributed by atoms with Crippen molar-refractivity contribution in [3.8, 4) is 0 Å². The smallest absolute Gasteiger partial charge is 1.00 e. The average molecular weight is 589 g/mol. The van der Waals surface area contributed by atoms with Gasteiger partial charge in [0.2, 0.25) is 0 Å². The van der Waals surface area contributed by atoms with Gasteiger partial charge in [-0.2, -0.15) is 8.42 Å². The zero-order valence-corrected chi connectivity index (χ0v) is 29.6. The van der Waals surface area contributed by atoms with Gasteiger partial charge in [0.05, 0.1) is 0 Å². The van der Waals surface area contributed by atoms with Crippen LogP contribution < -0.4 is 29.6 Å². The fourth-order valence-electron chi connectivity index (χ4n) is 4.90. The Balaban J connectivity index is -0.000000843. The van der Waals surface area contributed by atoms with E-state index in [9.17, 15) is 0 Å². The third-order valence-electron chi connectivity index (χ3n) is 7.28. The number of rotatable bonds is 30. The molecule has 0 radical (unpaired) electrons. The Labute approximate surface area is 269 Å². The Kier molecular flexibility index (Phi) is 44.1. The SMILES string of the molecule is CCCCCCCCCCCCCCCCOCCCCCCCCCCCCCCCC.O=S(=O)(O)O.[H-].[Na+]. The molecule has 0 aliphatic rings. The van der Waals surface area contributed by atoms with Crippen molar-refractivity contribution >= 4 is 10.4 Å². The molecule has 0 aromatic rings. The van der Waals surface area contributed by atoms with Crippen molar-refractivity contribution in [3.63, 3.8) is 0 Å². The number of hydrogen-bond donors (Lipinski definition) is 2. The quantitative estimate of drug-likeness (QED) is 0.0500. The van der Waals surface area contributed by atoms with Gasteiger partial charge < -0.3 is 6.16 Å². The van der Waals surface area contributed by atoms with Gasteiger partial charge in [0.25, 0.3) is 0 Å². The molecule has 0 bridgehead atoms. The summed E-state index contributed by atoms with van der Waals surface area (Å²) in [7, 11) is -4.67. The van der Waals surface area contributed by atoms with Crippen LogP contribution in [0, 0.1) is 0 Å². The summed E-state index contributed by atoms with van der Waals surface area (Å²) in [6.07, 6.45) is 40.1. The summed E-state index contributed by atoms with van der Waals surface area (Å²) >= 11 is 0. The van der Waals surface area contributed by atoms with Crippen LogP contribution in [0.3, 0.4) is 0 Å². The van der Waals surface area contributed by atoms with Gasteiger partial charge in [-0.25, -0.2) is 0 Å². The Bertz CT molecular complexity index is 485. The molecule has 39 heavy (non-hydrogen) atoms. The third-order valence-corrected chi connectivity index (χ3v) is 7.28. The second kappa shape index (κ2) is 38.8. The molecule has 0 fully saturated rings. The summed E-state index contributed by atoms with van der Waals surface area (Å²) in [5.41, 5.74) is 0. The predicted octanol–water partition coefficient (Wildman–Crippen LogP) is 8.43. The van der Waals surface area contributed by atoms with Crippen LogP contribution in [0.2, 0.25) is 0 Å². The molecule has 0 amide bonds. The maximum Gasteiger partial charge on any atom is 1.00 e. The Morgan fingerprint density at radius 3 is 0.744 bits per heavy atom. The van der Waals surface area contributed by atoms with Crippen LogP contribution in [0.1, 0.15) is 195 Å². The molecule has 234 valence electrons. The average Bonchev–Trinajstić information content (AvgIpc) is 2.87.